The largest absolute Gasteiger partial charge is 0.497 e. The summed E-state index contributed by atoms with van der Waals surface area (Å²) in [6.45, 7) is 0.285. The van der Waals surface area contributed by atoms with E-state index in [1.807, 2.05) is 24.3 Å². The van der Waals surface area contributed by atoms with Crippen LogP contribution in [-0.4, -0.2) is 25.4 Å². The predicted molar refractivity (Wildman–Crippen MR) is 123 cm³/mol. The Morgan fingerprint density at radius 2 is 1.13 bits per heavy atom. The summed E-state index contributed by atoms with van der Waals surface area (Å²) in [6, 6.07) is 33.9. The summed E-state index contributed by atoms with van der Waals surface area (Å²) in [4.78, 5) is 0. The van der Waals surface area contributed by atoms with E-state index in [0.29, 0.717) is 0 Å². The van der Waals surface area contributed by atoms with Gasteiger partial charge < -0.3 is 14.6 Å². The molecule has 0 unspecified atom stereocenters. The molecule has 0 aliphatic heterocycles. The minimum atomic E-state index is -0.436. The Hall–Kier alpha value is -3.56. The molecule has 0 heterocycles. The van der Waals surface area contributed by atoms with Crippen molar-refractivity contribution < 1.29 is 14.6 Å². The third kappa shape index (κ3) is 3.01. The molecule has 0 radical (unpaired) electrons. The second-order valence-corrected chi connectivity index (χ2v) is 7.67. The summed E-state index contributed by atoms with van der Waals surface area (Å²) in [6.07, 6.45) is 0. The highest BCUT2D eigenvalue weighted by molar-refractivity contribution is 5.86. The Balaban J connectivity index is 1.79. The van der Waals surface area contributed by atoms with Crippen LogP contribution < -0.4 is 9.47 Å². The van der Waals surface area contributed by atoms with Crippen molar-refractivity contribution in [1.82, 2.24) is 0 Å². The van der Waals surface area contributed by atoms with Crippen LogP contribution in [0.5, 0.6) is 11.5 Å². The number of fused-ring (bicyclic) bond motifs is 3. The minimum Gasteiger partial charge on any atom is -0.497 e. The Bertz CT molecular complexity index is 1150. The maximum Gasteiger partial charge on any atom is 0.119 e. The SMILES string of the molecule is COc1ccc(C2(c3ccc(OCCO)cc3)c3ccccc3-c3ccccc32)cc1. The summed E-state index contributed by atoms with van der Waals surface area (Å²) in [7, 11) is 1.69. The van der Waals surface area contributed by atoms with Gasteiger partial charge in [0.15, 0.2) is 0 Å². The fraction of sp³-hybridized carbons (Fsp3) is 0.143. The number of aliphatic hydroxyl groups is 1. The minimum absolute atomic E-state index is 0.00170. The van der Waals surface area contributed by atoms with E-state index < -0.39 is 5.41 Å². The van der Waals surface area contributed by atoms with Crippen LogP contribution in [0.2, 0.25) is 0 Å². The third-order valence-electron chi connectivity index (χ3n) is 6.12. The first-order chi connectivity index (χ1) is 15.3. The van der Waals surface area contributed by atoms with Crippen LogP contribution in [0.1, 0.15) is 22.3 Å². The van der Waals surface area contributed by atoms with Gasteiger partial charge in [-0.3, -0.25) is 0 Å². The van der Waals surface area contributed by atoms with Crippen LogP contribution in [0.4, 0.5) is 0 Å². The molecule has 4 aromatic rings. The van der Waals surface area contributed by atoms with Crippen molar-refractivity contribution in [3.8, 4) is 22.6 Å². The molecule has 0 saturated carbocycles. The van der Waals surface area contributed by atoms with Gasteiger partial charge >= 0.3 is 0 Å². The number of aliphatic hydroxyl groups excluding tert-OH is 1. The zero-order valence-corrected chi connectivity index (χ0v) is 17.4. The molecule has 0 aromatic heterocycles. The second kappa shape index (κ2) is 7.93. The molecule has 1 N–H and O–H groups in total. The summed E-state index contributed by atoms with van der Waals surface area (Å²) in [5, 5.41) is 9.07. The molecule has 0 amide bonds. The van der Waals surface area contributed by atoms with E-state index in [1.54, 1.807) is 7.11 Å². The van der Waals surface area contributed by atoms with Crippen molar-refractivity contribution in [3.63, 3.8) is 0 Å². The molecule has 0 bridgehead atoms. The van der Waals surface area contributed by atoms with E-state index in [2.05, 4.69) is 72.8 Å². The predicted octanol–water partition coefficient (Wildman–Crippen LogP) is 5.43. The van der Waals surface area contributed by atoms with Gasteiger partial charge in [0.25, 0.3) is 0 Å². The van der Waals surface area contributed by atoms with Crippen LogP contribution >= 0.6 is 0 Å². The summed E-state index contributed by atoms with van der Waals surface area (Å²) >= 11 is 0. The Morgan fingerprint density at radius 1 is 0.645 bits per heavy atom. The molecule has 3 heteroatoms. The molecule has 0 spiro atoms. The van der Waals surface area contributed by atoms with Gasteiger partial charge in [-0.25, -0.2) is 0 Å². The summed E-state index contributed by atoms with van der Waals surface area (Å²) in [5.41, 5.74) is 6.98. The lowest BCUT2D eigenvalue weighted by molar-refractivity contribution is 0.201. The van der Waals surface area contributed by atoms with Gasteiger partial charge in [-0.05, 0) is 57.6 Å². The number of hydrogen-bond acceptors (Lipinski definition) is 3. The zero-order valence-electron chi connectivity index (χ0n) is 17.4. The molecule has 31 heavy (non-hydrogen) atoms. The maximum absolute atomic E-state index is 9.07. The van der Waals surface area contributed by atoms with Crippen molar-refractivity contribution in [2.24, 2.45) is 0 Å². The number of methoxy groups -OCH3 is 1. The van der Waals surface area contributed by atoms with Gasteiger partial charge in [0, 0.05) is 0 Å². The van der Waals surface area contributed by atoms with Gasteiger partial charge in [0.2, 0.25) is 0 Å². The molecule has 154 valence electrons. The Morgan fingerprint density at radius 3 is 1.61 bits per heavy atom. The molecule has 5 rings (SSSR count). The normalized spacial score (nSPS) is 13.4. The molecule has 0 fully saturated rings. The highest BCUT2D eigenvalue weighted by Gasteiger charge is 2.45. The van der Waals surface area contributed by atoms with E-state index in [9.17, 15) is 0 Å². The quantitative estimate of drug-likeness (QED) is 0.407. The molecular weight excluding hydrogens is 384 g/mol. The summed E-state index contributed by atoms with van der Waals surface area (Å²) in [5.74, 6) is 1.59. The number of ether oxygens (including phenoxy) is 2. The van der Waals surface area contributed by atoms with Crippen molar-refractivity contribution in [2.45, 2.75) is 5.41 Å². The molecular formula is C28H24O3. The molecule has 1 aliphatic carbocycles. The number of rotatable bonds is 6. The van der Waals surface area contributed by atoms with E-state index in [-0.39, 0.29) is 13.2 Å². The van der Waals surface area contributed by atoms with Crippen molar-refractivity contribution in [2.75, 3.05) is 20.3 Å². The first-order valence-corrected chi connectivity index (χ1v) is 10.5. The molecule has 4 aromatic carbocycles. The molecule has 0 saturated heterocycles. The van der Waals surface area contributed by atoms with Crippen molar-refractivity contribution in [3.05, 3.63) is 119 Å². The lowest BCUT2D eigenvalue weighted by atomic mass is 9.68. The van der Waals surface area contributed by atoms with E-state index >= 15 is 0 Å². The van der Waals surface area contributed by atoms with Crippen molar-refractivity contribution in [1.29, 1.82) is 0 Å². The van der Waals surface area contributed by atoms with Gasteiger partial charge in [0.05, 0.1) is 19.1 Å². The molecule has 3 nitrogen and oxygen atoms in total. The first kappa shape index (κ1) is 19.4. The molecule has 1 aliphatic rings. The second-order valence-electron chi connectivity index (χ2n) is 7.67. The van der Waals surface area contributed by atoms with Crippen LogP contribution in [0.15, 0.2) is 97.1 Å². The average Bonchev–Trinajstić information content (AvgIpc) is 3.14. The van der Waals surface area contributed by atoms with Crippen LogP contribution in [-0.2, 0) is 5.41 Å². The van der Waals surface area contributed by atoms with E-state index in [1.165, 1.54) is 33.4 Å². The van der Waals surface area contributed by atoms with Crippen LogP contribution in [0.25, 0.3) is 11.1 Å². The Kier molecular flexibility index (Phi) is 4.97. The smallest absolute Gasteiger partial charge is 0.119 e. The van der Waals surface area contributed by atoms with Crippen LogP contribution in [0, 0.1) is 0 Å². The van der Waals surface area contributed by atoms with E-state index in [4.69, 9.17) is 14.6 Å². The molecule has 0 atom stereocenters. The lowest BCUT2D eigenvalue weighted by Crippen LogP contribution is -2.28. The van der Waals surface area contributed by atoms with Gasteiger partial charge in [-0.1, -0.05) is 72.8 Å². The average molecular weight is 408 g/mol. The first-order valence-electron chi connectivity index (χ1n) is 10.5. The number of hydrogen-bond donors (Lipinski definition) is 1. The highest BCUT2D eigenvalue weighted by Crippen LogP contribution is 2.56. The fourth-order valence-corrected chi connectivity index (χ4v) is 4.83. The van der Waals surface area contributed by atoms with Gasteiger partial charge in [-0.2, -0.15) is 0 Å². The number of benzene rings is 4. The maximum atomic E-state index is 9.07. The van der Waals surface area contributed by atoms with E-state index in [0.717, 1.165) is 11.5 Å². The standard InChI is InChI=1S/C28H24O3/c1-30-22-14-10-20(11-15-22)28(21-12-16-23(17-13-21)31-19-18-29)26-8-4-2-6-24(26)25-7-3-5-9-27(25)28/h2-17,29H,18-19H2,1H3. The van der Waals surface area contributed by atoms with Gasteiger partial charge in [0.1, 0.15) is 18.1 Å². The zero-order chi connectivity index (χ0) is 21.3. The monoisotopic (exact) mass is 408 g/mol. The topological polar surface area (TPSA) is 38.7 Å². The Labute approximate surface area is 182 Å². The fourth-order valence-electron chi connectivity index (χ4n) is 4.83. The lowest BCUT2D eigenvalue weighted by Gasteiger charge is -2.34. The van der Waals surface area contributed by atoms with Crippen LogP contribution in [0.3, 0.4) is 0 Å². The third-order valence-corrected chi connectivity index (χ3v) is 6.12. The summed E-state index contributed by atoms with van der Waals surface area (Å²) < 4.78 is 11.0. The highest BCUT2D eigenvalue weighted by atomic mass is 16.5. The van der Waals surface area contributed by atoms with Crippen molar-refractivity contribution >= 4 is 0 Å². The van der Waals surface area contributed by atoms with Gasteiger partial charge in [-0.15, -0.1) is 0 Å².